The number of aromatic nitrogens is 1. The van der Waals surface area contributed by atoms with E-state index in [0.717, 1.165) is 21.9 Å². The molecule has 0 aliphatic heterocycles. The van der Waals surface area contributed by atoms with Crippen LogP contribution in [0.4, 0.5) is 0 Å². The lowest BCUT2D eigenvalue weighted by Crippen LogP contribution is -2.11. The number of aryl methyl sites for hydroxylation is 1. The molecule has 0 unspecified atom stereocenters. The summed E-state index contributed by atoms with van der Waals surface area (Å²) in [5, 5.41) is 22.8. The van der Waals surface area contributed by atoms with Crippen molar-refractivity contribution in [2.45, 2.75) is 26.2 Å². The number of hydrogen-bond acceptors (Lipinski definition) is 2. The molecule has 0 saturated carbocycles. The van der Waals surface area contributed by atoms with Crippen LogP contribution in [0, 0.1) is 0 Å². The molecular weight excluding hydrogens is 250 g/mol. The van der Waals surface area contributed by atoms with Crippen molar-refractivity contribution in [3.8, 4) is 11.5 Å². The monoisotopic (exact) mass is 269 g/mol. The standard InChI is InChI=1S/C17H19NO2/c1-17(2,3)12-9-11-10-7-5-6-8-13(10)18(4)14(11)16(20)15(12)19/h5-9,19-20H,1-4H3. The van der Waals surface area contributed by atoms with Gasteiger partial charge in [0.05, 0.1) is 5.52 Å². The van der Waals surface area contributed by atoms with Crippen LogP contribution in [-0.4, -0.2) is 14.8 Å². The molecule has 2 N–H and O–H groups in total. The lowest BCUT2D eigenvalue weighted by Gasteiger charge is -2.21. The highest BCUT2D eigenvalue weighted by Crippen LogP contribution is 2.45. The molecule has 0 atom stereocenters. The van der Waals surface area contributed by atoms with Crippen LogP contribution in [0.15, 0.2) is 30.3 Å². The van der Waals surface area contributed by atoms with E-state index < -0.39 is 0 Å². The van der Waals surface area contributed by atoms with E-state index in [9.17, 15) is 10.2 Å². The van der Waals surface area contributed by atoms with Gasteiger partial charge in [-0.3, -0.25) is 0 Å². The summed E-state index contributed by atoms with van der Waals surface area (Å²) in [6.45, 7) is 6.08. The van der Waals surface area contributed by atoms with Crippen LogP contribution >= 0.6 is 0 Å². The molecule has 0 spiro atoms. The number of phenolic OH excluding ortho intramolecular Hbond substituents is 2. The zero-order chi connectivity index (χ0) is 14.7. The van der Waals surface area contributed by atoms with Gasteiger partial charge in [0.25, 0.3) is 0 Å². The van der Waals surface area contributed by atoms with Gasteiger partial charge in [-0.1, -0.05) is 39.0 Å². The maximum atomic E-state index is 10.4. The number of rotatable bonds is 0. The van der Waals surface area contributed by atoms with E-state index in [4.69, 9.17) is 0 Å². The highest BCUT2D eigenvalue weighted by molar-refractivity contribution is 6.11. The summed E-state index contributed by atoms with van der Waals surface area (Å²) in [5.74, 6) is -0.0537. The molecular formula is C17H19NO2. The second-order valence-corrected chi connectivity index (χ2v) is 6.34. The zero-order valence-corrected chi connectivity index (χ0v) is 12.2. The molecule has 104 valence electrons. The third-order valence-corrected chi connectivity index (χ3v) is 3.95. The summed E-state index contributed by atoms with van der Waals surface area (Å²) < 4.78 is 1.92. The lowest BCUT2D eigenvalue weighted by atomic mass is 9.85. The van der Waals surface area contributed by atoms with Crippen LogP contribution in [0.5, 0.6) is 11.5 Å². The molecule has 3 rings (SSSR count). The molecule has 0 saturated heterocycles. The third-order valence-electron chi connectivity index (χ3n) is 3.95. The highest BCUT2D eigenvalue weighted by atomic mass is 16.3. The molecule has 3 heteroatoms. The summed E-state index contributed by atoms with van der Waals surface area (Å²) in [5.41, 5.74) is 2.26. The van der Waals surface area contributed by atoms with E-state index in [2.05, 4.69) is 0 Å². The maximum Gasteiger partial charge on any atom is 0.182 e. The van der Waals surface area contributed by atoms with Crippen LogP contribution in [0.25, 0.3) is 21.8 Å². The minimum absolute atomic E-state index is 0.0177. The average molecular weight is 269 g/mol. The van der Waals surface area contributed by atoms with E-state index >= 15 is 0 Å². The Labute approximate surface area is 118 Å². The van der Waals surface area contributed by atoms with E-state index in [1.807, 2.05) is 62.7 Å². The lowest BCUT2D eigenvalue weighted by molar-refractivity contribution is 0.392. The van der Waals surface area contributed by atoms with Crippen molar-refractivity contribution in [2.75, 3.05) is 0 Å². The maximum absolute atomic E-state index is 10.4. The topological polar surface area (TPSA) is 45.4 Å². The van der Waals surface area contributed by atoms with Gasteiger partial charge in [-0.15, -0.1) is 0 Å². The zero-order valence-electron chi connectivity index (χ0n) is 12.2. The predicted molar refractivity (Wildman–Crippen MR) is 82.5 cm³/mol. The minimum Gasteiger partial charge on any atom is -0.504 e. The molecule has 2 aromatic carbocycles. The van der Waals surface area contributed by atoms with Crippen molar-refractivity contribution in [1.82, 2.24) is 4.57 Å². The molecule has 3 aromatic rings. The molecule has 20 heavy (non-hydrogen) atoms. The number of hydrogen-bond donors (Lipinski definition) is 2. The summed E-state index contributed by atoms with van der Waals surface area (Å²) in [6.07, 6.45) is 0. The summed E-state index contributed by atoms with van der Waals surface area (Å²) in [6, 6.07) is 10.0. The predicted octanol–water partition coefficient (Wildman–Crippen LogP) is 4.04. The fraction of sp³-hybridized carbons (Fsp3) is 0.294. The quantitative estimate of drug-likeness (QED) is 0.605. The molecule has 1 heterocycles. The van der Waals surface area contributed by atoms with Gasteiger partial charge in [-0.25, -0.2) is 0 Å². The number of benzene rings is 2. The number of para-hydroxylation sites is 1. The van der Waals surface area contributed by atoms with Crippen molar-refractivity contribution in [2.24, 2.45) is 7.05 Å². The Hall–Kier alpha value is -2.16. The molecule has 0 aliphatic rings. The fourth-order valence-corrected chi connectivity index (χ4v) is 2.88. The number of fused-ring (bicyclic) bond motifs is 3. The van der Waals surface area contributed by atoms with Gasteiger partial charge in [0, 0.05) is 28.9 Å². The van der Waals surface area contributed by atoms with Gasteiger partial charge in [-0.2, -0.15) is 0 Å². The number of aromatic hydroxyl groups is 2. The Bertz CT molecular complexity index is 822. The molecule has 0 fully saturated rings. The molecule has 1 aromatic heterocycles. The Morgan fingerprint density at radius 2 is 1.60 bits per heavy atom. The first-order valence-electron chi connectivity index (χ1n) is 6.75. The first kappa shape index (κ1) is 12.9. The minimum atomic E-state index is -0.229. The summed E-state index contributed by atoms with van der Waals surface area (Å²) in [4.78, 5) is 0. The van der Waals surface area contributed by atoms with Crippen LogP contribution < -0.4 is 0 Å². The van der Waals surface area contributed by atoms with Crippen LogP contribution in [0.1, 0.15) is 26.3 Å². The second kappa shape index (κ2) is 3.92. The Balaban J connectivity index is 2.57. The van der Waals surface area contributed by atoms with Gasteiger partial charge in [0.2, 0.25) is 0 Å². The number of phenols is 2. The van der Waals surface area contributed by atoms with Gasteiger partial charge >= 0.3 is 0 Å². The first-order chi connectivity index (χ1) is 9.32. The molecule has 0 aliphatic carbocycles. The molecule has 0 amide bonds. The van der Waals surface area contributed by atoms with E-state index in [0.29, 0.717) is 5.52 Å². The Morgan fingerprint density at radius 1 is 0.950 bits per heavy atom. The SMILES string of the molecule is Cn1c2ccccc2c2cc(C(C)(C)C)c(O)c(O)c21. The van der Waals surface area contributed by atoms with Crippen molar-refractivity contribution in [3.63, 3.8) is 0 Å². The van der Waals surface area contributed by atoms with Crippen molar-refractivity contribution in [1.29, 1.82) is 0 Å². The summed E-state index contributed by atoms with van der Waals surface area (Å²) >= 11 is 0. The van der Waals surface area contributed by atoms with Crippen LogP contribution in [0.3, 0.4) is 0 Å². The summed E-state index contributed by atoms with van der Waals surface area (Å²) in [7, 11) is 1.90. The largest absolute Gasteiger partial charge is 0.504 e. The third kappa shape index (κ3) is 1.59. The highest BCUT2D eigenvalue weighted by Gasteiger charge is 2.24. The fourth-order valence-electron chi connectivity index (χ4n) is 2.88. The van der Waals surface area contributed by atoms with Gasteiger partial charge in [0.15, 0.2) is 11.5 Å². The van der Waals surface area contributed by atoms with Crippen molar-refractivity contribution >= 4 is 21.8 Å². The van der Waals surface area contributed by atoms with E-state index in [1.54, 1.807) is 0 Å². The van der Waals surface area contributed by atoms with Gasteiger partial charge in [0.1, 0.15) is 0 Å². The van der Waals surface area contributed by atoms with Gasteiger partial charge < -0.3 is 14.8 Å². The van der Waals surface area contributed by atoms with Crippen molar-refractivity contribution in [3.05, 3.63) is 35.9 Å². The van der Waals surface area contributed by atoms with E-state index in [1.165, 1.54) is 0 Å². The van der Waals surface area contributed by atoms with Crippen LogP contribution in [0.2, 0.25) is 0 Å². The Kier molecular flexibility index (Phi) is 2.52. The van der Waals surface area contributed by atoms with Crippen LogP contribution in [-0.2, 0) is 12.5 Å². The molecule has 3 nitrogen and oxygen atoms in total. The van der Waals surface area contributed by atoms with Crippen molar-refractivity contribution < 1.29 is 10.2 Å². The second-order valence-electron chi connectivity index (χ2n) is 6.34. The first-order valence-corrected chi connectivity index (χ1v) is 6.75. The smallest absolute Gasteiger partial charge is 0.182 e. The Morgan fingerprint density at radius 3 is 2.25 bits per heavy atom. The normalized spacial score (nSPS) is 12.4. The average Bonchev–Trinajstić information content (AvgIpc) is 2.67. The number of nitrogens with zero attached hydrogens (tertiary/aromatic N) is 1. The van der Waals surface area contributed by atoms with Gasteiger partial charge in [-0.05, 0) is 17.5 Å². The molecule has 0 bridgehead atoms. The molecule has 0 radical (unpaired) electrons. The van der Waals surface area contributed by atoms with E-state index in [-0.39, 0.29) is 16.9 Å².